The second kappa shape index (κ2) is 6.37. The number of benzene rings is 1. The second-order valence-electron chi connectivity index (χ2n) is 5.21. The molecule has 3 nitrogen and oxygen atoms in total. The summed E-state index contributed by atoms with van der Waals surface area (Å²) in [6.07, 6.45) is -0.888. The Bertz CT molecular complexity index is 517. The van der Waals surface area contributed by atoms with Gasteiger partial charge in [0.05, 0.1) is 11.3 Å². The Balaban J connectivity index is 2.27. The van der Waals surface area contributed by atoms with Gasteiger partial charge in [0, 0.05) is 31.4 Å². The van der Waals surface area contributed by atoms with Crippen LogP contribution in [0.25, 0.3) is 0 Å². The molecule has 1 fully saturated rings. The predicted octanol–water partition coefficient (Wildman–Crippen LogP) is 3.96. The molecular formula is C15H20F3N3. The number of hydrogen-bond donors (Lipinski definition) is 1. The van der Waals surface area contributed by atoms with Gasteiger partial charge in [-0.25, -0.2) is 0 Å². The maximum Gasteiger partial charge on any atom is 0.416 e. The summed E-state index contributed by atoms with van der Waals surface area (Å²) >= 11 is 0. The summed E-state index contributed by atoms with van der Waals surface area (Å²) in [6.45, 7) is 3.65. The number of nitrogens with one attached hydrogen (secondary N) is 1. The zero-order chi connectivity index (χ0) is 15.5. The van der Waals surface area contributed by atoms with E-state index in [2.05, 4.69) is 10.4 Å². The van der Waals surface area contributed by atoms with Gasteiger partial charge >= 0.3 is 6.18 Å². The first-order valence-electron chi connectivity index (χ1n) is 7.11. The van der Waals surface area contributed by atoms with E-state index in [1.54, 1.807) is 7.05 Å². The average Bonchev–Trinajstić information content (AvgIpc) is 2.46. The van der Waals surface area contributed by atoms with Gasteiger partial charge in [0.1, 0.15) is 0 Å². The van der Waals surface area contributed by atoms with Gasteiger partial charge in [-0.2, -0.15) is 18.3 Å². The van der Waals surface area contributed by atoms with E-state index in [0.717, 1.165) is 43.8 Å². The van der Waals surface area contributed by atoms with Crippen LogP contribution in [0.15, 0.2) is 23.3 Å². The van der Waals surface area contributed by atoms with Crippen molar-refractivity contribution < 1.29 is 13.2 Å². The highest BCUT2D eigenvalue weighted by Crippen LogP contribution is 2.32. The fourth-order valence-electron chi connectivity index (χ4n) is 2.49. The van der Waals surface area contributed by atoms with Crippen molar-refractivity contribution in [2.75, 3.05) is 25.5 Å². The van der Waals surface area contributed by atoms with Crippen LogP contribution < -0.4 is 5.32 Å². The number of anilines is 1. The molecule has 0 amide bonds. The SMILES string of the molecule is CNc1cc(C(F)(F)F)ccc1/C(C)=N/N1CCCCC1. The van der Waals surface area contributed by atoms with Crippen LogP contribution >= 0.6 is 0 Å². The first-order chi connectivity index (χ1) is 9.91. The lowest BCUT2D eigenvalue weighted by atomic mass is 10.1. The van der Waals surface area contributed by atoms with Gasteiger partial charge in [0.25, 0.3) is 0 Å². The summed E-state index contributed by atoms with van der Waals surface area (Å²) in [5, 5.41) is 9.36. The lowest BCUT2D eigenvalue weighted by Crippen LogP contribution is -2.26. The molecule has 0 bridgehead atoms. The summed E-state index contributed by atoms with van der Waals surface area (Å²) in [6, 6.07) is 3.72. The fraction of sp³-hybridized carbons (Fsp3) is 0.533. The topological polar surface area (TPSA) is 27.6 Å². The third kappa shape index (κ3) is 3.89. The Morgan fingerprint density at radius 3 is 2.43 bits per heavy atom. The number of halogens is 3. The molecule has 116 valence electrons. The molecule has 1 saturated heterocycles. The summed E-state index contributed by atoms with van der Waals surface area (Å²) < 4.78 is 38.2. The Morgan fingerprint density at radius 1 is 1.19 bits per heavy atom. The first kappa shape index (κ1) is 15.7. The van der Waals surface area contributed by atoms with Crippen molar-refractivity contribution in [1.82, 2.24) is 5.01 Å². The number of nitrogens with zero attached hydrogens (tertiary/aromatic N) is 2. The third-order valence-electron chi connectivity index (χ3n) is 3.63. The first-order valence-corrected chi connectivity index (χ1v) is 7.11. The van der Waals surface area contributed by atoms with Crippen molar-refractivity contribution in [3.05, 3.63) is 29.3 Å². The van der Waals surface area contributed by atoms with Crippen LogP contribution in [0.4, 0.5) is 18.9 Å². The van der Waals surface area contributed by atoms with E-state index in [0.29, 0.717) is 11.3 Å². The maximum atomic E-state index is 12.7. The van der Waals surface area contributed by atoms with E-state index in [-0.39, 0.29) is 0 Å². The van der Waals surface area contributed by atoms with Crippen molar-refractivity contribution in [2.24, 2.45) is 5.10 Å². The largest absolute Gasteiger partial charge is 0.416 e. The minimum absolute atomic E-state index is 0.447. The molecule has 0 atom stereocenters. The van der Waals surface area contributed by atoms with Crippen LogP contribution in [0.2, 0.25) is 0 Å². The minimum atomic E-state index is -4.33. The Labute approximate surface area is 122 Å². The quantitative estimate of drug-likeness (QED) is 0.856. The van der Waals surface area contributed by atoms with Crippen LogP contribution in [0.5, 0.6) is 0 Å². The van der Waals surface area contributed by atoms with Gasteiger partial charge in [0.15, 0.2) is 0 Å². The molecule has 0 spiro atoms. The van der Waals surface area contributed by atoms with Crippen molar-refractivity contribution in [3.63, 3.8) is 0 Å². The molecule has 1 aliphatic heterocycles. The van der Waals surface area contributed by atoms with Gasteiger partial charge in [-0.15, -0.1) is 0 Å². The molecular weight excluding hydrogens is 279 g/mol. The lowest BCUT2D eigenvalue weighted by Gasteiger charge is -2.24. The fourth-order valence-corrected chi connectivity index (χ4v) is 2.49. The number of hydrazone groups is 1. The van der Waals surface area contributed by atoms with E-state index in [1.807, 2.05) is 11.9 Å². The summed E-state index contributed by atoms with van der Waals surface area (Å²) in [5.74, 6) is 0. The molecule has 1 aromatic rings. The minimum Gasteiger partial charge on any atom is -0.388 e. The predicted molar refractivity (Wildman–Crippen MR) is 78.6 cm³/mol. The van der Waals surface area contributed by atoms with E-state index < -0.39 is 11.7 Å². The molecule has 1 N–H and O–H groups in total. The summed E-state index contributed by atoms with van der Waals surface area (Å²) in [4.78, 5) is 0. The van der Waals surface area contributed by atoms with Gasteiger partial charge in [-0.1, -0.05) is 6.07 Å². The third-order valence-corrected chi connectivity index (χ3v) is 3.63. The number of hydrogen-bond acceptors (Lipinski definition) is 3. The number of piperidine rings is 1. The molecule has 21 heavy (non-hydrogen) atoms. The Morgan fingerprint density at radius 2 is 1.86 bits per heavy atom. The molecule has 1 aromatic carbocycles. The molecule has 0 aliphatic carbocycles. The Kier molecular flexibility index (Phi) is 4.75. The second-order valence-corrected chi connectivity index (χ2v) is 5.21. The van der Waals surface area contributed by atoms with Crippen molar-refractivity contribution >= 4 is 11.4 Å². The van der Waals surface area contributed by atoms with Gasteiger partial charge in [-0.3, -0.25) is 5.01 Å². The van der Waals surface area contributed by atoms with Crippen LogP contribution in [0.1, 0.15) is 37.3 Å². The number of alkyl halides is 3. The molecule has 1 heterocycles. The molecule has 0 aromatic heterocycles. The molecule has 6 heteroatoms. The smallest absolute Gasteiger partial charge is 0.388 e. The summed E-state index contributed by atoms with van der Waals surface area (Å²) in [5.41, 5.74) is 1.23. The van der Waals surface area contributed by atoms with Crippen molar-refractivity contribution in [3.8, 4) is 0 Å². The van der Waals surface area contributed by atoms with E-state index in [4.69, 9.17) is 0 Å². The van der Waals surface area contributed by atoms with E-state index >= 15 is 0 Å². The summed E-state index contributed by atoms with van der Waals surface area (Å²) in [7, 11) is 1.62. The zero-order valence-electron chi connectivity index (χ0n) is 12.3. The normalized spacial score (nSPS) is 17.0. The van der Waals surface area contributed by atoms with Crippen LogP contribution in [-0.2, 0) is 6.18 Å². The standard InChI is InChI=1S/C15H20F3N3/c1-11(20-21-8-4-3-5-9-21)13-7-6-12(15(16,17)18)10-14(13)19-2/h6-7,10,19H,3-5,8-9H2,1-2H3/b20-11+. The number of rotatable bonds is 3. The zero-order valence-corrected chi connectivity index (χ0v) is 12.3. The molecule has 0 unspecified atom stereocenters. The molecule has 1 aliphatic rings. The van der Waals surface area contributed by atoms with Crippen LogP contribution in [0, 0.1) is 0 Å². The van der Waals surface area contributed by atoms with E-state index in [9.17, 15) is 13.2 Å². The molecule has 2 rings (SSSR count). The monoisotopic (exact) mass is 299 g/mol. The highest BCUT2D eigenvalue weighted by Gasteiger charge is 2.31. The molecule has 0 saturated carbocycles. The van der Waals surface area contributed by atoms with Gasteiger partial charge in [-0.05, 0) is 38.3 Å². The molecule has 0 radical (unpaired) electrons. The van der Waals surface area contributed by atoms with E-state index in [1.165, 1.54) is 12.5 Å². The van der Waals surface area contributed by atoms with Crippen LogP contribution in [-0.4, -0.2) is 30.9 Å². The highest BCUT2D eigenvalue weighted by atomic mass is 19.4. The Hall–Kier alpha value is -1.72. The lowest BCUT2D eigenvalue weighted by molar-refractivity contribution is -0.137. The average molecular weight is 299 g/mol. The maximum absolute atomic E-state index is 12.7. The highest BCUT2D eigenvalue weighted by molar-refractivity contribution is 6.03. The van der Waals surface area contributed by atoms with Crippen molar-refractivity contribution in [2.45, 2.75) is 32.4 Å². The van der Waals surface area contributed by atoms with Gasteiger partial charge < -0.3 is 5.32 Å². The van der Waals surface area contributed by atoms with Crippen LogP contribution in [0.3, 0.4) is 0 Å². The van der Waals surface area contributed by atoms with Gasteiger partial charge in [0.2, 0.25) is 0 Å². The van der Waals surface area contributed by atoms with Crippen molar-refractivity contribution in [1.29, 1.82) is 0 Å².